The van der Waals surface area contributed by atoms with Gasteiger partial charge < -0.3 is 9.84 Å². The van der Waals surface area contributed by atoms with E-state index in [2.05, 4.69) is 11.0 Å². The molecule has 1 aliphatic heterocycles. The van der Waals surface area contributed by atoms with Gasteiger partial charge in [-0.1, -0.05) is 12.1 Å². The first-order valence-corrected chi connectivity index (χ1v) is 7.22. The van der Waals surface area contributed by atoms with Gasteiger partial charge in [0.25, 0.3) is 0 Å². The quantitative estimate of drug-likeness (QED) is 0.867. The molecule has 112 valence electrons. The molecule has 0 atom stereocenters. The fraction of sp³-hybridized carbons (Fsp3) is 0.500. The van der Waals surface area contributed by atoms with Gasteiger partial charge in [0.2, 0.25) is 0 Å². The van der Waals surface area contributed by atoms with Crippen molar-refractivity contribution in [1.29, 1.82) is 5.26 Å². The van der Waals surface area contributed by atoms with Crippen LogP contribution in [-0.4, -0.2) is 41.8 Å². The molecule has 0 saturated carbocycles. The van der Waals surface area contributed by atoms with Gasteiger partial charge in [0, 0.05) is 19.6 Å². The number of ether oxygens (including phenoxy) is 1. The highest BCUT2D eigenvalue weighted by atomic mass is 16.5. The van der Waals surface area contributed by atoms with E-state index in [-0.39, 0.29) is 12.5 Å². The van der Waals surface area contributed by atoms with Crippen LogP contribution >= 0.6 is 0 Å². The van der Waals surface area contributed by atoms with Crippen molar-refractivity contribution < 1.29 is 14.6 Å². The minimum atomic E-state index is -0.812. The van der Waals surface area contributed by atoms with Crippen LogP contribution in [0, 0.1) is 11.3 Å². The number of aliphatic carboxylic acids is 1. The van der Waals surface area contributed by atoms with Gasteiger partial charge in [0.15, 0.2) is 0 Å². The fourth-order valence-corrected chi connectivity index (χ4v) is 2.49. The summed E-state index contributed by atoms with van der Waals surface area (Å²) >= 11 is 0. The molecule has 5 nitrogen and oxygen atoms in total. The first-order chi connectivity index (χ1) is 10.2. The zero-order valence-electron chi connectivity index (χ0n) is 12.0. The van der Waals surface area contributed by atoms with Gasteiger partial charge in [-0.05, 0) is 30.5 Å². The SMILES string of the molecule is N#Cc1ccc(CN2CCC(OCCC(=O)O)CC2)cc1. The summed E-state index contributed by atoms with van der Waals surface area (Å²) < 4.78 is 5.58. The number of benzene rings is 1. The number of nitriles is 1. The van der Waals surface area contributed by atoms with E-state index >= 15 is 0 Å². The predicted molar refractivity (Wildman–Crippen MR) is 77.7 cm³/mol. The first kappa shape index (κ1) is 15.5. The number of piperidine rings is 1. The Morgan fingerprint density at radius 3 is 2.57 bits per heavy atom. The van der Waals surface area contributed by atoms with Crippen LogP contribution in [0.5, 0.6) is 0 Å². The van der Waals surface area contributed by atoms with E-state index in [0.717, 1.165) is 32.5 Å². The largest absolute Gasteiger partial charge is 0.481 e. The van der Waals surface area contributed by atoms with Crippen LogP contribution in [0.4, 0.5) is 0 Å². The van der Waals surface area contributed by atoms with Gasteiger partial charge >= 0.3 is 5.97 Å². The lowest BCUT2D eigenvalue weighted by Crippen LogP contribution is -2.36. The molecule has 0 aliphatic carbocycles. The topological polar surface area (TPSA) is 73.6 Å². The third-order valence-corrected chi connectivity index (χ3v) is 3.69. The summed E-state index contributed by atoms with van der Waals surface area (Å²) in [7, 11) is 0. The van der Waals surface area contributed by atoms with Crippen molar-refractivity contribution in [2.75, 3.05) is 19.7 Å². The summed E-state index contributed by atoms with van der Waals surface area (Å²) in [6.45, 7) is 3.10. The standard InChI is InChI=1S/C16H20N2O3/c17-11-13-1-3-14(4-2-13)12-18-8-5-15(6-9-18)21-10-7-16(19)20/h1-4,15H,5-10,12H2,(H,19,20). The second-order valence-corrected chi connectivity index (χ2v) is 5.30. The van der Waals surface area contributed by atoms with Crippen LogP contribution in [0.25, 0.3) is 0 Å². The van der Waals surface area contributed by atoms with Crippen LogP contribution in [0.15, 0.2) is 24.3 Å². The number of hydrogen-bond acceptors (Lipinski definition) is 4. The second-order valence-electron chi connectivity index (χ2n) is 5.30. The number of rotatable bonds is 6. The molecule has 1 aliphatic rings. The van der Waals surface area contributed by atoms with E-state index < -0.39 is 5.97 Å². The molecule has 0 spiro atoms. The Labute approximate surface area is 124 Å². The molecule has 1 fully saturated rings. The molecule has 1 aromatic carbocycles. The maximum atomic E-state index is 10.4. The molecular formula is C16H20N2O3. The van der Waals surface area contributed by atoms with Gasteiger partial charge in [-0.15, -0.1) is 0 Å². The molecule has 1 N–H and O–H groups in total. The van der Waals surface area contributed by atoms with Crippen molar-refractivity contribution in [3.8, 4) is 6.07 Å². The monoisotopic (exact) mass is 288 g/mol. The van der Waals surface area contributed by atoms with Crippen LogP contribution < -0.4 is 0 Å². The van der Waals surface area contributed by atoms with Crippen molar-refractivity contribution in [3.63, 3.8) is 0 Å². The predicted octanol–water partition coefficient (Wildman–Crippen LogP) is 2.01. The van der Waals surface area contributed by atoms with Crippen LogP contribution in [0.2, 0.25) is 0 Å². The van der Waals surface area contributed by atoms with E-state index in [4.69, 9.17) is 15.1 Å². The summed E-state index contributed by atoms with van der Waals surface area (Å²) in [5.41, 5.74) is 1.89. The highest BCUT2D eigenvalue weighted by Crippen LogP contribution is 2.16. The maximum absolute atomic E-state index is 10.4. The Bertz CT molecular complexity index is 499. The number of hydrogen-bond donors (Lipinski definition) is 1. The summed E-state index contributed by atoms with van der Waals surface area (Å²) in [6.07, 6.45) is 2.14. The van der Waals surface area contributed by atoms with Gasteiger partial charge in [0.05, 0.1) is 30.8 Å². The number of carboxylic acid groups (broad SMARTS) is 1. The summed E-state index contributed by atoms with van der Waals surface area (Å²) in [4.78, 5) is 12.8. The van der Waals surface area contributed by atoms with Gasteiger partial charge in [-0.3, -0.25) is 9.69 Å². The van der Waals surface area contributed by atoms with Crippen molar-refractivity contribution in [3.05, 3.63) is 35.4 Å². The zero-order valence-corrected chi connectivity index (χ0v) is 12.0. The van der Waals surface area contributed by atoms with Crippen molar-refractivity contribution >= 4 is 5.97 Å². The molecular weight excluding hydrogens is 268 g/mol. The minimum Gasteiger partial charge on any atom is -0.481 e. The second kappa shape index (κ2) is 7.77. The molecule has 5 heteroatoms. The molecule has 21 heavy (non-hydrogen) atoms. The number of likely N-dealkylation sites (tertiary alicyclic amines) is 1. The molecule has 0 radical (unpaired) electrons. The summed E-state index contributed by atoms with van der Waals surface area (Å²) in [5.74, 6) is -0.812. The van der Waals surface area contributed by atoms with Crippen molar-refractivity contribution in [1.82, 2.24) is 4.90 Å². The lowest BCUT2D eigenvalue weighted by Gasteiger charge is -2.31. The normalized spacial score (nSPS) is 16.5. The molecule has 0 amide bonds. The van der Waals surface area contributed by atoms with Crippen molar-refractivity contribution in [2.24, 2.45) is 0 Å². The van der Waals surface area contributed by atoms with Gasteiger partial charge in [-0.25, -0.2) is 0 Å². The van der Waals surface area contributed by atoms with E-state index in [0.29, 0.717) is 12.2 Å². The van der Waals surface area contributed by atoms with Crippen LogP contribution in [0.3, 0.4) is 0 Å². The average Bonchev–Trinajstić information content (AvgIpc) is 2.49. The van der Waals surface area contributed by atoms with Crippen molar-refractivity contribution in [2.45, 2.75) is 31.9 Å². The third-order valence-electron chi connectivity index (χ3n) is 3.69. The minimum absolute atomic E-state index is 0.0749. The van der Waals surface area contributed by atoms with E-state index in [1.807, 2.05) is 24.3 Å². The Morgan fingerprint density at radius 2 is 2.00 bits per heavy atom. The van der Waals surface area contributed by atoms with Crippen LogP contribution in [-0.2, 0) is 16.1 Å². The Morgan fingerprint density at radius 1 is 1.33 bits per heavy atom. The molecule has 1 heterocycles. The van der Waals surface area contributed by atoms with E-state index in [1.165, 1.54) is 5.56 Å². The lowest BCUT2D eigenvalue weighted by molar-refractivity contribution is -0.138. The molecule has 1 saturated heterocycles. The molecule has 0 unspecified atom stereocenters. The smallest absolute Gasteiger partial charge is 0.305 e. The Kier molecular flexibility index (Phi) is 5.73. The van der Waals surface area contributed by atoms with E-state index in [1.54, 1.807) is 0 Å². The summed E-state index contributed by atoms with van der Waals surface area (Å²) in [6, 6.07) is 9.80. The zero-order chi connectivity index (χ0) is 15.1. The molecule has 2 rings (SSSR count). The fourth-order valence-electron chi connectivity index (χ4n) is 2.49. The number of nitrogens with zero attached hydrogens (tertiary/aromatic N) is 2. The average molecular weight is 288 g/mol. The van der Waals surface area contributed by atoms with Gasteiger partial charge in [0.1, 0.15) is 0 Å². The third kappa shape index (κ3) is 5.18. The highest BCUT2D eigenvalue weighted by Gasteiger charge is 2.19. The lowest BCUT2D eigenvalue weighted by atomic mass is 10.1. The first-order valence-electron chi connectivity index (χ1n) is 7.22. The maximum Gasteiger partial charge on any atom is 0.305 e. The van der Waals surface area contributed by atoms with E-state index in [9.17, 15) is 4.79 Å². The highest BCUT2D eigenvalue weighted by molar-refractivity contribution is 5.66. The number of carbonyl (C=O) groups is 1. The Hall–Kier alpha value is -1.90. The summed E-state index contributed by atoms with van der Waals surface area (Å²) in [5, 5.41) is 17.4. The molecule has 0 bridgehead atoms. The van der Waals surface area contributed by atoms with Gasteiger partial charge in [-0.2, -0.15) is 5.26 Å². The van der Waals surface area contributed by atoms with Crippen LogP contribution in [0.1, 0.15) is 30.4 Å². The molecule has 0 aromatic heterocycles. The number of carboxylic acids is 1. The Balaban J connectivity index is 1.71. The molecule has 1 aromatic rings.